The summed E-state index contributed by atoms with van der Waals surface area (Å²) in [6.07, 6.45) is 1.37. The highest BCUT2D eigenvalue weighted by Crippen LogP contribution is 2.35. The lowest BCUT2D eigenvalue weighted by molar-refractivity contribution is -0.151. The molecule has 8 atom stereocenters. The lowest BCUT2D eigenvalue weighted by Gasteiger charge is -2.40. The average molecular weight is 584 g/mol. The van der Waals surface area contributed by atoms with Crippen LogP contribution in [-0.2, 0) is 4.74 Å². The number of nitrogens with one attached hydrogen (secondary N) is 3. The molecule has 6 nitrogen and oxygen atoms in total. The highest BCUT2D eigenvalue weighted by molar-refractivity contribution is 7.98. The zero-order chi connectivity index (χ0) is 28.4. The van der Waals surface area contributed by atoms with E-state index >= 15 is 0 Å². The van der Waals surface area contributed by atoms with E-state index in [9.17, 15) is 13.2 Å². The van der Waals surface area contributed by atoms with Crippen LogP contribution in [-0.4, -0.2) is 78.6 Å². The Morgan fingerprint density at radius 1 is 1.02 bits per heavy atom. The summed E-state index contributed by atoms with van der Waals surface area (Å²) >= 11 is 1.84. The molecule has 10 heteroatoms. The number of alkyl halides is 3. The minimum absolute atomic E-state index is 0.0802. The van der Waals surface area contributed by atoms with Gasteiger partial charge in [-0.1, -0.05) is 50.4 Å². The number of hydrogen-bond acceptors (Lipinski definition) is 7. The van der Waals surface area contributed by atoms with E-state index < -0.39 is 12.7 Å². The van der Waals surface area contributed by atoms with E-state index in [0.29, 0.717) is 43.1 Å². The maximum absolute atomic E-state index is 13.7. The molecule has 6 bridgehead atoms. The van der Waals surface area contributed by atoms with Gasteiger partial charge in [0.2, 0.25) is 0 Å². The average Bonchev–Trinajstić information content (AvgIpc) is 2.99. The van der Waals surface area contributed by atoms with E-state index in [4.69, 9.17) is 4.74 Å². The third kappa shape index (κ3) is 8.14. The van der Waals surface area contributed by atoms with Crippen LogP contribution in [0.2, 0.25) is 0 Å². The fourth-order valence-corrected chi connectivity index (χ4v) is 8.59. The standard InChI is InChI=1S/C30H48F3N5OS/c1-19(2)11-23-15-37(18-30(31,32)33)16-24-17-38(23)14-22-9-6-10-25(12-22)40-36-29-34-26(13-27(35-29)39-24)28-20(3)7-5-8-21(28)4/h5,7-8,19,22-27,29,34-36H,6,9-18H2,1-4H3/t22?,23-,24+,25?,26?,27?,29?/m0/s1. The first-order valence-corrected chi connectivity index (χ1v) is 16.1. The van der Waals surface area contributed by atoms with E-state index in [2.05, 4.69) is 66.1 Å². The molecule has 0 aromatic heterocycles. The zero-order valence-electron chi connectivity index (χ0n) is 24.5. The molecule has 6 unspecified atom stereocenters. The van der Waals surface area contributed by atoms with Gasteiger partial charge in [0.25, 0.3) is 0 Å². The van der Waals surface area contributed by atoms with Crippen molar-refractivity contribution in [2.24, 2.45) is 11.8 Å². The highest BCUT2D eigenvalue weighted by atomic mass is 32.2. The number of halogens is 3. The number of aryl methyl sites for hydroxylation is 2. The molecule has 1 aliphatic carbocycles. The van der Waals surface area contributed by atoms with Crippen LogP contribution in [0.5, 0.6) is 0 Å². The van der Waals surface area contributed by atoms with Crippen molar-refractivity contribution < 1.29 is 17.9 Å². The van der Waals surface area contributed by atoms with Crippen molar-refractivity contribution in [1.29, 1.82) is 0 Å². The monoisotopic (exact) mass is 583 g/mol. The second kappa shape index (κ2) is 13.2. The summed E-state index contributed by atoms with van der Waals surface area (Å²) in [6, 6.07) is 6.57. The quantitative estimate of drug-likeness (QED) is 0.415. The molecule has 3 saturated heterocycles. The number of hydrogen-bond donors (Lipinski definition) is 3. The molecule has 0 radical (unpaired) electrons. The summed E-state index contributed by atoms with van der Waals surface area (Å²) < 4.78 is 51.6. The van der Waals surface area contributed by atoms with Crippen molar-refractivity contribution in [3.05, 3.63) is 34.9 Å². The molecule has 5 rings (SSSR count). The molecule has 1 aromatic carbocycles. The first-order chi connectivity index (χ1) is 19.0. The lowest BCUT2D eigenvalue weighted by atomic mass is 9.87. The largest absolute Gasteiger partial charge is 0.401 e. The van der Waals surface area contributed by atoms with E-state index in [1.807, 2.05) is 11.9 Å². The fraction of sp³-hybridized carbons (Fsp3) is 0.800. The van der Waals surface area contributed by atoms with Crippen LogP contribution in [0.3, 0.4) is 0 Å². The van der Waals surface area contributed by atoms with Crippen molar-refractivity contribution in [2.45, 2.75) is 108 Å². The Labute approximate surface area is 242 Å². The summed E-state index contributed by atoms with van der Waals surface area (Å²) in [4.78, 5) is 4.12. The van der Waals surface area contributed by atoms with Crippen LogP contribution in [0.25, 0.3) is 0 Å². The summed E-state index contributed by atoms with van der Waals surface area (Å²) in [6.45, 7) is 10.1. The van der Waals surface area contributed by atoms with Crippen LogP contribution in [0, 0.1) is 25.7 Å². The van der Waals surface area contributed by atoms with Gasteiger partial charge in [0.15, 0.2) is 0 Å². The molecule has 1 aromatic rings. The van der Waals surface area contributed by atoms with Crippen LogP contribution in [0.4, 0.5) is 13.2 Å². The number of nitrogens with zero attached hydrogens (tertiary/aromatic N) is 2. The molecule has 4 fully saturated rings. The van der Waals surface area contributed by atoms with Gasteiger partial charge in [0.05, 0.1) is 12.6 Å². The number of ether oxygens (including phenoxy) is 1. The molecule has 40 heavy (non-hydrogen) atoms. The normalized spacial score (nSPS) is 36.3. The van der Waals surface area contributed by atoms with Crippen molar-refractivity contribution in [2.75, 3.05) is 32.7 Å². The van der Waals surface area contributed by atoms with Gasteiger partial charge < -0.3 is 4.74 Å². The third-order valence-electron chi connectivity index (χ3n) is 9.03. The zero-order valence-corrected chi connectivity index (χ0v) is 25.3. The summed E-state index contributed by atoms with van der Waals surface area (Å²) in [5.74, 6) is 0.976. The van der Waals surface area contributed by atoms with Crippen molar-refractivity contribution >= 4 is 11.9 Å². The van der Waals surface area contributed by atoms with E-state index in [1.165, 1.54) is 36.0 Å². The molecule has 226 valence electrons. The Hall–Kier alpha value is -0.880. The second-order valence-corrected chi connectivity index (χ2v) is 14.2. The van der Waals surface area contributed by atoms with Gasteiger partial charge in [-0.2, -0.15) is 13.2 Å². The van der Waals surface area contributed by atoms with Gasteiger partial charge in [-0.3, -0.25) is 20.4 Å². The molecule has 3 aliphatic heterocycles. The molecular formula is C30H48F3N5OS. The van der Waals surface area contributed by atoms with Crippen molar-refractivity contribution in [1.82, 2.24) is 25.2 Å². The first kappa shape index (κ1) is 30.6. The van der Waals surface area contributed by atoms with E-state index in [-0.39, 0.29) is 30.7 Å². The van der Waals surface area contributed by atoms with Crippen LogP contribution >= 0.6 is 11.9 Å². The van der Waals surface area contributed by atoms with Crippen LogP contribution in [0.15, 0.2) is 18.2 Å². The van der Waals surface area contributed by atoms with Gasteiger partial charge >= 0.3 is 6.18 Å². The van der Waals surface area contributed by atoms with Gasteiger partial charge in [-0.05, 0) is 68.1 Å². The Morgan fingerprint density at radius 3 is 2.52 bits per heavy atom. The smallest absolute Gasteiger partial charge is 0.357 e. The summed E-state index contributed by atoms with van der Waals surface area (Å²) in [5, 5.41) is 7.90. The maximum Gasteiger partial charge on any atom is 0.401 e. The first-order valence-electron chi connectivity index (χ1n) is 15.2. The van der Waals surface area contributed by atoms with Crippen LogP contribution in [0.1, 0.15) is 75.1 Å². The Morgan fingerprint density at radius 2 is 1.80 bits per heavy atom. The lowest BCUT2D eigenvalue weighted by Crippen LogP contribution is -2.62. The Kier molecular flexibility index (Phi) is 10.1. The number of fused-ring (bicyclic) bond motifs is 6. The molecule has 0 amide bonds. The molecular weight excluding hydrogens is 535 g/mol. The van der Waals surface area contributed by atoms with Crippen molar-refractivity contribution in [3.63, 3.8) is 0 Å². The van der Waals surface area contributed by atoms with Gasteiger partial charge in [-0.25, -0.2) is 4.72 Å². The molecule has 3 heterocycles. The number of rotatable bonds is 4. The third-order valence-corrected chi connectivity index (χ3v) is 10.2. The van der Waals surface area contributed by atoms with Gasteiger partial charge in [-0.15, -0.1) is 0 Å². The highest BCUT2D eigenvalue weighted by Gasteiger charge is 2.40. The second-order valence-electron chi connectivity index (χ2n) is 13.0. The minimum Gasteiger partial charge on any atom is -0.357 e. The van der Waals surface area contributed by atoms with Crippen LogP contribution < -0.4 is 15.4 Å². The van der Waals surface area contributed by atoms with E-state index in [0.717, 1.165) is 19.4 Å². The molecule has 1 saturated carbocycles. The summed E-state index contributed by atoms with van der Waals surface area (Å²) in [5.41, 5.74) is 3.77. The SMILES string of the molecule is Cc1cccc(C)c1C1CC2NC(NSC3CCCC(C3)CN3C[C@@H](CN(CC(F)(F)F)C[C@@H]3CC(C)C)O2)N1. The van der Waals surface area contributed by atoms with Crippen molar-refractivity contribution in [3.8, 4) is 0 Å². The molecule has 3 N–H and O–H groups in total. The minimum atomic E-state index is -4.23. The maximum atomic E-state index is 13.7. The van der Waals surface area contributed by atoms with Gasteiger partial charge in [0, 0.05) is 49.9 Å². The topological polar surface area (TPSA) is 51.8 Å². The number of benzene rings is 1. The fourth-order valence-electron chi connectivity index (χ4n) is 7.47. The molecule has 4 aliphatic rings. The Bertz CT molecular complexity index is 961. The molecule has 0 spiro atoms. The van der Waals surface area contributed by atoms with E-state index in [1.54, 1.807) is 4.90 Å². The Balaban J connectivity index is 1.45. The summed E-state index contributed by atoms with van der Waals surface area (Å²) in [7, 11) is 0. The predicted molar refractivity (Wildman–Crippen MR) is 156 cm³/mol. The predicted octanol–water partition coefficient (Wildman–Crippen LogP) is 5.33. The van der Waals surface area contributed by atoms with Gasteiger partial charge in [0.1, 0.15) is 12.5 Å².